The molecule has 0 aliphatic carbocycles. The SMILES string of the molecule is COC(=O)CN(C(=O)Oc1ccc2[nH]c(CNc3ccc(C(=N)N)cc3)nc2c1C)c1ccccn1.Cl. The molecule has 0 radical (unpaired) electrons. The molecule has 0 bridgehead atoms. The molecule has 0 atom stereocenters. The smallest absolute Gasteiger partial charge is 0.421 e. The van der Waals surface area contributed by atoms with Crippen LogP contribution in [-0.2, 0) is 16.1 Å². The van der Waals surface area contributed by atoms with Gasteiger partial charge in [0.15, 0.2) is 0 Å². The molecule has 0 spiro atoms. The number of hydrogen-bond donors (Lipinski definition) is 4. The Kier molecular flexibility index (Phi) is 8.64. The zero-order chi connectivity index (χ0) is 25.7. The number of benzene rings is 2. The summed E-state index contributed by atoms with van der Waals surface area (Å²) in [6.07, 6.45) is 0.745. The van der Waals surface area contributed by atoms with Gasteiger partial charge >= 0.3 is 12.1 Å². The minimum atomic E-state index is -0.770. The maximum absolute atomic E-state index is 13.0. The second-order valence-electron chi connectivity index (χ2n) is 7.83. The first-order valence-corrected chi connectivity index (χ1v) is 11.0. The summed E-state index contributed by atoms with van der Waals surface area (Å²) >= 11 is 0. The highest BCUT2D eigenvalue weighted by Crippen LogP contribution is 2.27. The number of anilines is 2. The molecule has 2 aromatic carbocycles. The first-order chi connectivity index (χ1) is 17.4. The highest BCUT2D eigenvalue weighted by Gasteiger charge is 2.24. The van der Waals surface area contributed by atoms with Crippen LogP contribution in [0.5, 0.6) is 5.75 Å². The average Bonchev–Trinajstić information content (AvgIpc) is 3.32. The lowest BCUT2D eigenvalue weighted by atomic mass is 10.2. The number of nitrogens with two attached hydrogens (primary N) is 1. The quantitative estimate of drug-likeness (QED) is 0.154. The van der Waals surface area contributed by atoms with E-state index in [1.807, 2.05) is 12.1 Å². The van der Waals surface area contributed by atoms with E-state index in [9.17, 15) is 9.59 Å². The number of rotatable bonds is 8. The monoisotopic (exact) mass is 523 g/mol. The van der Waals surface area contributed by atoms with E-state index < -0.39 is 12.1 Å². The number of pyridine rings is 1. The number of ether oxygens (including phenoxy) is 2. The van der Waals surface area contributed by atoms with Crippen LogP contribution in [0.1, 0.15) is 17.0 Å². The Bertz CT molecular complexity index is 1410. The van der Waals surface area contributed by atoms with E-state index in [0.717, 1.165) is 16.1 Å². The third-order valence-corrected chi connectivity index (χ3v) is 5.42. The molecule has 12 heteroatoms. The predicted octanol–water partition coefficient (Wildman–Crippen LogP) is 3.76. The second-order valence-corrected chi connectivity index (χ2v) is 7.83. The van der Waals surface area contributed by atoms with Crippen LogP contribution in [0.25, 0.3) is 11.0 Å². The number of H-pyrrole nitrogens is 1. The van der Waals surface area contributed by atoms with Gasteiger partial charge in [0.05, 0.1) is 24.7 Å². The molecule has 37 heavy (non-hydrogen) atoms. The van der Waals surface area contributed by atoms with Crippen molar-refractivity contribution in [2.75, 3.05) is 23.9 Å². The fourth-order valence-electron chi connectivity index (χ4n) is 3.49. The van der Waals surface area contributed by atoms with Crippen LogP contribution >= 0.6 is 12.4 Å². The lowest BCUT2D eigenvalue weighted by molar-refractivity contribution is -0.138. The number of amides is 1. The summed E-state index contributed by atoms with van der Waals surface area (Å²) in [5.41, 5.74) is 9.09. The van der Waals surface area contributed by atoms with Crippen molar-refractivity contribution in [3.8, 4) is 5.75 Å². The number of imidazole rings is 1. The number of nitrogen functional groups attached to an aromatic ring is 1. The molecular weight excluding hydrogens is 498 g/mol. The number of hydrogen-bond acceptors (Lipinski definition) is 8. The minimum absolute atomic E-state index is 0. The van der Waals surface area contributed by atoms with E-state index in [1.165, 1.54) is 13.3 Å². The van der Waals surface area contributed by atoms with Gasteiger partial charge in [-0.15, -0.1) is 12.4 Å². The number of amidine groups is 1. The van der Waals surface area contributed by atoms with Gasteiger partial charge in [0.2, 0.25) is 0 Å². The highest BCUT2D eigenvalue weighted by molar-refractivity contribution is 5.95. The summed E-state index contributed by atoms with van der Waals surface area (Å²) in [4.78, 5) is 38.0. The van der Waals surface area contributed by atoms with Crippen molar-refractivity contribution in [1.82, 2.24) is 15.0 Å². The highest BCUT2D eigenvalue weighted by atomic mass is 35.5. The van der Waals surface area contributed by atoms with Crippen LogP contribution in [0.3, 0.4) is 0 Å². The Morgan fingerprint density at radius 1 is 1.14 bits per heavy atom. The molecule has 1 amide bonds. The standard InChI is InChI=1S/C25H25N7O4.ClH/c1-15-19(36-25(34)32(14-22(33)35-2)21-5-3-4-12-28-21)11-10-18-23(15)31-20(30-18)13-29-17-8-6-16(7-9-17)24(26)27;/h3-12,29H,13-14H2,1-2H3,(H3,26,27)(H,30,31);1H. The molecule has 2 heterocycles. The molecule has 2 aromatic heterocycles. The van der Waals surface area contributed by atoms with Crippen LogP contribution in [-0.4, -0.2) is 46.5 Å². The first-order valence-electron chi connectivity index (χ1n) is 11.0. The topological polar surface area (TPSA) is 159 Å². The second kappa shape index (κ2) is 11.9. The Hall–Kier alpha value is -4.64. The van der Waals surface area contributed by atoms with Gasteiger partial charge in [-0.05, 0) is 55.5 Å². The van der Waals surface area contributed by atoms with Crippen LogP contribution in [0.4, 0.5) is 16.3 Å². The van der Waals surface area contributed by atoms with Gasteiger partial charge in [-0.25, -0.2) is 19.7 Å². The molecule has 0 fully saturated rings. The maximum Gasteiger partial charge on any atom is 0.421 e. The molecule has 192 valence electrons. The molecule has 0 saturated carbocycles. The predicted molar refractivity (Wildman–Crippen MR) is 142 cm³/mol. The van der Waals surface area contributed by atoms with E-state index in [0.29, 0.717) is 34.8 Å². The number of fused-ring (bicyclic) bond motifs is 1. The lowest BCUT2D eigenvalue weighted by Gasteiger charge is -2.20. The Morgan fingerprint density at radius 2 is 1.89 bits per heavy atom. The third-order valence-electron chi connectivity index (χ3n) is 5.42. The summed E-state index contributed by atoms with van der Waals surface area (Å²) in [5.74, 6) is 0.665. The number of nitrogens with zero attached hydrogens (tertiary/aromatic N) is 3. The zero-order valence-corrected chi connectivity index (χ0v) is 21.0. The first kappa shape index (κ1) is 27.0. The Balaban J connectivity index is 0.00000380. The zero-order valence-electron chi connectivity index (χ0n) is 20.1. The molecule has 0 aliphatic heterocycles. The van der Waals surface area contributed by atoms with Gasteiger partial charge in [0, 0.05) is 23.0 Å². The molecule has 0 unspecified atom stereocenters. The maximum atomic E-state index is 13.0. The van der Waals surface area contributed by atoms with Crippen molar-refractivity contribution in [2.24, 2.45) is 5.73 Å². The van der Waals surface area contributed by atoms with Gasteiger partial charge in [-0.2, -0.15) is 0 Å². The lowest BCUT2D eigenvalue weighted by Crippen LogP contribution is -2.38. The van der Waals surface area contributed by atoms with Crippen molar-refractivity contribution in [2.45, 2.75) is 13.5 Å². The normalized spacial score (nSPS) is 10.3. The Morgan fingerprint density at radius 3 is 2.54 bits per heavy atom. The number of aryl methyl sites for hydroxylation is 1. The largest absolute Gasteiger partial charge is 0.468 e. The third kappa shape index (κ3) is 6.33. The molecule has 4 rings (SSSR count). The summed E-state index contributed by atoms with van der Waals surface area (Å²) in [6.45, 7) is 1.88. The number of carbonyl (C=O) groups is 2. The van der Waals surface area contributed by atoms with E-state index in [2.05, 4.69) is 20.3 Å². The van der Waals surface area contributed by atoms with E-state index >= 15 is 0 Å². The fourth-order valence-corrected chi connectivity index (χ4v) is 3.49. The van der Waals surface area contributed by atoms with Gasteiger partial charge in [-0.1, -0.05) is 6.07 Å². The number of aromatic amines is 1. The van der Waals surface area contributed by atoms with E-state index in [4.69, 9.17) is 20.6 Å². The van der Waals surface area contributed by atoms with Crippen molar-refractivity contribution in [3.63, 3.8) is 0 Å². The minimum Gasteiger partial charge on any atom is -0.468 e. The number of nitrogens with one attached hydrogen (secondary N) is 3. The molecule has 0 saturated heterocycles. The number of aromatic nitrogens is 3. The molecular formula is C25H26ClN7O4. The summed E-state index contributed by atoms with van der Waals surface area (Å²) in [7, 11) is 1.24. The molecule has 4 aromatic rings. The fraction of sp³-hybridized carbons (Fsp3) is 0.160. The number of halogens is 1. The molecule has 5 N–H and O–H groups in total. The van der Waals surface area contributed by atoms with Crippen LogP contribution < -0.4 is 20.7 Å². The molecule has 0 aliphatic rings. The van der Waals surface area contributed by atoms with Crippen LogP contribution in [0.15, 0.2) is 60.8 Å². The van der Waals surface area contributed by atoms with Crippen molar-refractivity contribution >= 4 is 52.8 Å². The summed E-state index contributed by atoms with van der Waals surface area (Å²) < 4.78 is 10.3. The Labute approximate surface area is 218 Å². The summed E-state index contributed by atoms with van der Waals surface area (Å²) in [6, 6.07) is 15.6. The van der Waals surface area contributed by atoms with Gasteiger partial charge in [0.1, 0.15) is 29.8 Å². The van der Waals surface area contributed by atoms with Crippen molar-refractivity contribution in [1.29, 1.82) is 5.41 Å². The number of esters is 1. The summed E-state index contributed by atoms with van der Waals surface area (Å²) in [5, 5.41) is 10.7. The van der Waals surface area contributed by atoms with Gasteiger partial charge in [0.25, 0.3) is 0 Å². The van der Waals surface area contributed by atoms with Gasteiger partial charge in [-0.3, -0.25) is 10.2 Å². The van der Waals surface area contributed by atoms with E-state index in [1.54, 1.807) is 49.4 Å². The average molecular weight is 524 g/mol. The van der Waals surface area contributed by atoms with Crippen LogP contribution in [0.2, 0.25) is 0 Å². The number of carbonyl (C=O) groups excluding carboxylic acids is 2. The van der Waals surface area contributed by atoms with E-state index in [-0.39, 0.29) is 30.6 Å². The van der Waals surface area contributed by atoms with Gasteiger partial charge < -0.3 is 25.5 Å². The van der Waals surface area contributed by atoms with Crippen molar-refractivity contribution in [3.05, 3.63) is 77.7 Å². The van der Waals surface area contributed by atoms with Crippen molar-refractivity contribution < 1.29 is 19.1 Å². The van der Waals surface area contributed by atoms with Crippen LogP contribution in [0, 0.1) is 12.3 Å². The molecule has 11 nitrogen and oxygen atoms in total. The number of methoxy groups -OCH3 is 1.